The van der Waals surface area contributed by atoms with Crippen LogP contribution in [0.25, 0.3) is 10.2 Å². The molecule has 1 atom stereocenters. The lowest BCUT2D eigenvalue weighted by atomic mass is 10.0. The smallest absolute Gasteiger partial charge is 0.303 e. The van der Waals surface area contributed by atoms with E-state index in [1.807, 2.05) is 48.5 Å². The summed E-state index contributed by atoms with van der Waals surface area (Å²) in [4.78, 5) is 27.9. The molecule has 0 fully saturated rings. The van der Waals surface area contributed by atoms with E-state index in [4.69, 9.17) is 5.11 Å². The van der Waals surface area contributed by atoms with E-state index >= 15 is 0 Å². The number of hydrogen-bond donors (Lipinski definition) is 2. The van der Waals surface area contributed by atoms with E-state index in [9.17, 15) is 9.59 Å². The first kappa shape index (κ1) is 20.0. The third kappa shape index (κ3) is 6.16. The Bertz CT molecular complexity index is 891. The molecular formula is C22H24N2O3S. The molecule has 0 aliphatic rings. The zero-order valence-corrected chi connectivity index (χ0v) is 16.5. The van der Waals surface area contributed by atoms with Gasteiger partial charge < -0.3 is 10.4 Å². The van der Waals surface area contributed by atoms with Crippen molar-refractivity contribution in [1.82, 2.24) is 10.3 Å². The molecule has 1 amide bonds. The van der Waals surface area contributed by atoms with Crippen LogP contribution in [0.4, 0.5) is 0 Å². The van der Waals surface area contributed by atoms with Crippen LogP contribution in [-0.2, 0) is 22.4 Å². The molecule has 1 unspecified atom stereocenters. The molecule has 0 spiro atoms. The summed E-state index contributed by atoms with van der Waals surface area (Å²) in [5.74, 6) is -0.879. The second-order valence-electron chi connectivity index (χ2n) is 6.82. The van der Waals surface area contributed by atoms with Crippen molar-refractivity contribution in [3.8, 4) is 0 Å². The molecule has 146 valence electrons. The van der Waals surface area contributed by atoms with Crippen LogP contribution in [-0.4, -0.2) is 28.0 Å². The highest BCUT2D eigenvalue weighted by Gasteiger charge is 2.15. The molecule has 6 heteroatoms. The van der Waals surface area contributed by atoms with E-state index in [0.717, 1.165) is 28.9 Å². The van der Waals surface area contributed by atoms with E-state index < -0.39 is 5.97 Å². The lowest BCUT2D eigenvalue weighted by Crippen LogP contribution is -2.36. The molecule has 0 aliphatic heterocycles. The van der Waals surface area contributed by atoms with Crippen LogP contribution >= 0.6 is 11.3 Å². The Hall–Kier alpha value is -2.73. The predicted octanol–water partition coefficient (Wildman–Crippen LogP) is 4.21. The van der Waals surface area contributed by atoms with Crippen LogP contribution in [0.15, 0.2) is 54.6 Å². The van der Waals surface area contributed by atoms with Crippen molar-refractivity contribution in [1.29, 1.82) is 0 Å². The van der Waals surface area contributed by atoms with Crippen LogP contribution in [0.5, 0.6) is 0 Å². The number of aryl methyl sites for hydroxylation is 1. The van der Waals surface area contributed by atoms with E-state index in [1.165, 1.54) is 4.70 Å². The molecule has 0 radical (unpaired) electrons. The third-order valence-electron chi connectivity index (χ3n) is 4.53. The summed E-state index contributed by atoms with van der Waals surface area (Å²) >= 11 is 1.67. The standard InChI is InChI=1S/C22H24N2O3S/c25-20(11-6-12-21-24-18-9-4-5-10-19(18)28-21)23-17(13-14-22(26)27)15-16-7-2-1-3-8-16/h1-5,7-10,17H,6,11-15H2,(H,23,25)(H,26,27). The van der Waals surface area contributed by atoms with E-state index in [0.29, 0.717) is 19.3 Å². The average Bonchev–Trinajstić information content (AvgIpc) is 3.09. The number of carbonyl (C=O) groups excluding carboxylic acids is 1. The first-order valence-corrected chi connectivity index (χ1v) is 10.3. The third-order valence-corrected chi connectivity index (χ3v) is 5.63. The summed E-state index contributed by atoms with van der Waals surface area (Å²) < 4.78 is 1.17. The van der Waals surface area contributed by atoms with Crippen LogP contribution in [0.2, 0.25) is 0 Å². The van der Waals surface area contributed by atoms with Crippen molar-refractivity contribution in [2.45, 2.75) is 44.6 Å². The number of rotatable bonds is 10. The summed E-state index contributed by atoms with van der Waals surface area (Å²) in [5.41, 5.74) is 2.09. The van der Waals surface area contributed by atoms with Crippen molar-refractivity contribution in [2.24, 2.45) is 0 Å². The minimum Gasteiger partial charge on any atom is -0.481 e. The minimum atomic E-state index is -0.844. The molecule has 0 aliphatic carbocycles. The fraction of sp³-hybridized carbons (Fsp3) is 0.318. The number of hydrogen-bond acceptors (Lipinski definition) is 4. The number of fused-ring (bicyclic) bond motifs is 1. The van der Waals surface area contributed by atoms with Crippen molar-refractivity contribution in [3.63, 3.8) is 0 Å². The van der Waals surface area contributed by atoms with Gasteiger partial charge in [-0.3, -0.25) is 9.59 Å². The van der Waals surface area contributed by atoms with Gasteiger partial charge >= 0.3 is 5.97 Å². The molecule has 3 rings (SSSR count). The van der Waals surface area contributed by atoms with Gasteiger partial charge in [0.1, 0.15) is 0 Å². The molecule has 1 heterocycles. The number of nitrogens with one attached hydrogen (secondary N) is 1. The Labute approximate surface area is 168 Å². The molecule has 2 aromatic carbocycles. The van der Waals surface area contributed by atoms with Gasteiger partial charge in [-0.05, 0) is 43.4 Å². The maximum Gasteiger partial charge on any atom is 0.303 e. The Morgan fingerprint density at radius 2 is 1.79 bits per heavy atom. The highest BCUT2D eigenvalue weighted by molar-refractivity contribution is 7.18. The zero-order valence-electron chi connectivity index (χ0n) is 15.6. The van der Waals surface area contributed by atoms with Crippen molar-refractivity contribution in [3.05, 3.63) is 65.2 Å². The Balaban J connectivity index is 1.49. The Kier molecular flexibility index (Phi) is 7.14. The lowest BCUT2D eigenvalue weighted by molar-refractivity contribution is -0.137. The van der Waals surface area contributed by atoms with Crippen LogP contribution in [0, 0.1) is 0 Å². The van der Waals surface area contributed by atoms with E-state index in [-0.39, 0.29) is 18.4 Å². The summed E-state index contributed by atoms with van der Waals surface area (Å²) in [5, 5.41) is 13.0. The van der Waals surface area contributed by atoms with Crippen molar-refractivity contribution < 1.29 is 14.7 Å². The molecule has 0 saturated heterocycles. The molecule has 0 bridgehead atoms. The maximum atomic E-state index is 12.4. The van der Waals surface area contributed by atoms with Gasteiger partial charge in [-0.15, -0.1) is 11.3 Å². The summed E-state index contributed by atoms with van der Waals surface area (Å²) in [6, 6.07) is 17.7. The van der Waals surface area contributed by atoms with E-state index in [1.54, 1.807) is 11.3 Å². The summed E-state index contributed by atoms with van der Waals surface area (Å²) in [6.45, 7) is 0. The molecule has 1 aromatic heterocycles. The van der Waals surface area contributed by atoms with Gasteiger partial charge in [-0.2, -0.15) is 0 Å². The van der Waals surface area contributed by atoms with Gasteiger partial charge in [0.2, 0.25) is 5.91 Å². The number of thiazole rings is 1. The number of carbonyl (C=O) groups is 2. The first-order chi connectivity index (χ1) is 13.6. The van der Waals surface area contributed by atoms with Crippen LogP contribution in [0.1, 0.15) is 36.3 Å². The van der Waals surface area contributed by atoms with Gasteiger partial charge in [0.25, 0.3) is 0 Å². The molecule has 28 heavy (non-hydrogen) atoms. The molecule has 5 nitrogen and oxygen atoms in total. The largest absolute Gasteiger partial charge is 0.481 e. The fourth-order valence-electron chi connectivity index (χ4n) is 3.15. The van der Waals surface area contributed by atoms with Gasteiger partial charge in [-0.25, -0.2) is 4.98 Å². The topological polar surface area (TPSA) is 79.3 Å². The number of carboxylic acids is 1. The number of nitrogens with zero attached hydrogens (tertiary/aromatic N) is 1. The van der Waals surface area contributed by atoms with Gasteiger partial charge in [-0.1, -0.05) is 42.5 Å². The molecule has 3 aromatic rings. The normalized spacial score (nSPS) is 12.0. The van der Waals surface area contributed by atoms with Crippen molar-refractivity contribution >= 4 is 33.4 Å². The number of para-hydroxylation sites is 1. The monoisotopic (exact) mass is 396 g/mol. The number of aromatic nitrogens is 1. The van der Waals surface area contributed by atoms with Gasteiger partial charge in [0.15, 0.2) is 0 Å². The number of benzene rings is 2. The Morgan fingerprint density at radius 1 is 1.04 bits per heavy atom. The van der Waals surface area contributed by atoms with Crippen LogP contribution in [0.3, 0.4) is 0 Å². The summed E-state index contributed by atoms with van der Waals surface area (Å²) in [7, 11) is 0. The fourth-order valence-corrected chi connectivity index (χ4v) is 4.16. The second-order valence-corrected chi connectivity index (χ2v) is 7.93. The SMILES string of the molecule is O=C(O)CCC(Cc1ccccc1)NC(=O)CCCc1nc2ccccc2s1. The highest BCUT2D eigenvalue weighted by atomic mass is 32.1. The lowest BCUT2D eigenvalue weighted by Gasteiger charge is -2.18. The molecule has 0 saturated carbocycles. The van der Waals surface area contributed by atoms with E-state index in [2.05, 4.69) is 16.4 Å². The van der Waals surface area contributed by atoms with Gasteiger partial charge in [0, 0.05) is 18.9 Å². The quantitative estimate of drug-likeness (QED) is 0.538. The number of carboxylic acid groups (broad SMARTS) is 1. The van der Waals surface area contributed by atoms with Gasteiger partial charge in [0.05, 0.1) is 15.2 Å². The maximum absolute atomic E-state index is 12.4. The molecule has 2 N–H and O–H groups in total. The van der Waals surface area contributed by atoms with Crippen molar-refractivity contribution in [2.75, 3.05) is 0 Å². The second kappa shape index (κ2) is 9.99. The minimum absolute atomic E-state index is 0.0348. The number of aliphatic carboxylic acids is 1. The summed E-state index contributed by atoms with van der Waals surface area (Å²) in [6.07, 6.45) is 3.01. The highest BCUT2D eigenvalue weighted by Crippen LogP contribution is 2.22. The average molecular weight is 397 g/mol. The predicted molar refractivity (Wildman–Crippen MR) is 112 cm³/mol. The number of amides is 1. The first-order valence-electron chi connectivity index (χ1n) is 9.49. The Morgan fingerprint density at radius 3 is 2.54 bits per heavy atom. The molecular weight excluding hydrogens is 372 g/mol. The zero-order chi connectivity index (χ0) is 19.8. The van der Waals surface area contributed by atoms with Crippen LogP contribution < -0.4 is 5.32 Å².